The molecule has 5 rings (SSSR count). The molecule has 2 unspecified atom stereocenters. The van der Waals surface area contributed by atoms with Crippen molar-refractivity contribution in [1.29, 1.82) is 0 Å². The molecule has 0 N–H and O–H groups in total. The summed E-state index contributed by atoms with van der Waals surface area (Å²) in [5.41, 5.74) is 2.01. The molecule has 0 radical (unpaired) electrons. The Morgan fingerprint density at radius 2 is 1.67 bits per heavy atom. The SMILES string of the molecule is CCOC(=O)C1=C(COCc2nnc(CCN3C(=O)c4ccccc4C3=O)s2)N=C(C)C(C(=O)OC)C1c1cccc(Cl)c1Cl. The number of fused-ring (bicyclic) bond motifs is 1. The van der Waals surface area contributed by atoms with Crippen LogP contribution in [0.5, 0.6) is 0 Å². The Morgan fingerprint density at radius 3 is 2.33 bits per heavy atom. The smallest absolute Gasteiger partial charge is 0.336 e. The van der Waals surface area contributed by atoms with Crippen molar-refractivity contribution in [2.24, 2.45) is 10.9 Å². The van der Waals surface area contributed by atoms with Crippen LogP contribution in [0.2, 0.25) is 10.0 Å². The molecule has 0 aliphatic carbocycles. The molecule has 2 atom stereocenters. The van der Waals surface area contributed by atoms with Gasteiger partial charge in [0.25, 0.3) is 11.8 Å². The quantitative estimate of drug-likeness (QED) is 0.202. The van der Waals surface area contributed by atoms with Crippen LogP contribution in [0.4, 0.5) is 0 Å². The summed E-state index contributed by atoms with van der Waals surface area (Å²) in [6.07, 6.45) is 0.335. The predicted octanol–water partition coefficient (Wildman–Crippen LogP) is 5.06. The van der Waals surface area contributed by atoms with E-state index in [1.54, 1.807) is 56.3 Å². The zero-order valence-corrected chi connectivity index (χ0v) is 26.9. The van der Waals surface area contributed by atoms with E-state index in [4.69, 9.17) is 37.4 Å². The molecule has 0 saturated heterocycles. The van der Waals surface area contributed by atoms with E-state index in [1.165, 1.54) is 23.3 Å². The topological polar surface area (TPSA) is 137 Å². The molecule has 11 nitrogen and oxygen atoms in total. The lowest BCUT2D eigenvalue weighted by molar-refractivity contribution is -0.144. The van der Waals surface area contributed by atoms with Crippen molar-refractivity contribution in [2.45, 2.75) is 32.8 Å². The second kappa shape index (κ2) is 14.0. The van der Waals surface area contributed by atoms with Crippen molar-refractivity contribution in [2.75, 3.05) is 26.9 Å². The second-order valence-electron chi connectivity index (χ2n) is 10.1. The number of esters is 2. The number of benzene rings is 2. The van der Waals surface area contributed by atoms with Crippen molar-refractivity contribution in [3.63, 3.8) is 0 Å². The van der Waals surface area contributed by atoms with Crippen LogP contribution in [0.15, 0.2) is 58.7 Å². The predicted molar refractivity (Wildman–Crippen MR) is 167 cm³/mol. The number of carbonyl (C=O) groups is 4. The van der Waals surface area contributed by atoms with Gasteiger partial charge >= 0.3 is 11.9 Å². The number of aliphatic imine (C=N–C) groups is 1. The van der Waals surface area contributed by atoms with Gasteiger partial charge < -0.3 is 14.2 Å². The molecule has 3 heterocycles. The Bertz CT molecular complexity index is 1700. The fourth-order valence-electron chi connectivity index (χ4n) is 5.36. The van der Waals surface area contributed by atoms with Crippen LogP contribution < -0.4 is 0 Å². The molecule has 0 bridgehead atoms. The number of imide groups is 1. The number of rotatable bonds is 11. The molecule has 2 aliphatic rings. The molecule has 2 aromatic carbocycles. The third kappa shape index (κ3) is 6.55. The van der Waals surface area contributed by atoms with Gasteiger partial charge in [-0.1, -0.05) is 58.8 Å². The summed E-state index contributed by atoms with van der Waals surface area (Å²) in [6.45, 7) is 3.53. The summed E-state index contributed by atoms with van der Waals surface area (Å²) in [5.74, 6) is -3.78. The Kier molecular flexibility index (Phi) is 10.1. The molecule has 0 saturated carbocycles. The Labute approximate surface area is 272 Å². The molecule has 3 aromatic rings. The number of carbonyl (C=O) groups excluding carboxylic acids is 4. The number of methoxy groups -OCH3 is 1. The van der Waals surface area contributed by atoms with Gasteiger partial charge in [-0.15, -0.1) is 10.2 Å². The normalized spacial score (nSPS) is 17.8. The zero-order valence-electron chi connectivity index (χ0n) is 24.5. The fourth-order valence-corrected chi connectivity index (χ4v) is 6.55. The summed E-state index contributed by atoms with van der Waals surface area (Å²) in [7, 11) is 1.26. The highest BCUT2D eigenvalue weighted by molar-refractivity contribution is 7.11. The lowest BCUT2D eigenvalue weighted by atomic mass is 9.75. The first kappa shape index (κ1) is 32.4. The van der Waals surface area contributed by atoms with Crippen molar-refractivity contribution >= 4 is 64.0 Å². The van der Waals surface area contributed by atoms with Gasteiger partial charge in [0.1, 0.15) is 22.5 Å². The maximum Gasteiger partial charge on any atom is 0.336 e. The lowest BCUT2D eigenvalue weighted by Gasteiger charge is -2.32. The molecule has 234 valence electrons. The minimum absolute atomic E-state index is 0.0435. The first-order chi connectivity index (χ1) is 21.7. The van der Waals surface area contributed by atoms with Gasteiger partial charge in [0.2, 0.25) is 0 Å². The van der Waals surface area contributed by atoms with Gasteiger partial charge in [-0.05, 0) is 37.6 Å². The van der Waals surface area contributed by atoms with Gasteiger partial charge in [0.15, 0.2) is 0 Å². The highest BCUT2D eigenvalue weighted by Gasteiger charge is 2.44. The summed E-state index contributed by atoms with van der Waals surface area (Å²) in [5, 5.41) is 9.97. The zero-order chi connectivity index (χ0) is 32.2. The van der Waals surface area contributed by atoms with Crippen LogP contribution in [0.1, 0.15) is 56.1 Å². The lowest BCUT2D eigenvalue weighted by Crippen LogP contribution is -2.37. The fraction of sp³-hybridized carbons (Fsp3) is 0.323. The highest BCUT2D eigenvalue weighted by atomic mass is 35.5. The highest BCUT2D eigenvalue weighted by Crippen LogP contribution is 2.44. The van der Waals surface area contributed by atoms with Crippen LogP contribution in [0, 0.1) is 5.92 Å². The van der Waals surface area contributed by atoms with Gasteiger partial charge in [0.05, 0.1) is 52.8 Å². The summed E-state index contributed by atoms with van der Waals surface area (Å²) in [6, 6.07) is 11.7. The summed E-state index contributed by atoms with van der Waals surface area (Å²) in [4.78, 5) is 57.5. The standard InChI is InChI=1S/C31H28Cl2N4O7S/c1-4-44-31(41)26-21(34-16(2)24(30(40)42-3)25(26)19-10-7-11-20(32)27(19)33)14-43-15-23-36-35-22(45-23)12-13-37-28(38)17-8-5-6-9-18(17)29(37)39/h5-11,24-25H,4,12-15H2,1-3H3. The number of hydrogen-bond acceptors (Lipinski definition) is 11. The summed E-state index contributed by atoms with van der Waals surface area (Å²) < 4.78 is 16.4. The molecule has 1 aromatic heterocycles. The number of ether oxygens (including phenoxy) is 3. The average Bonchev–Trinajstić information content (AvgIpc) is 3.58. The number of aromatic nitrogens is 2. The maximum absolute atomic E-state index is 13.4. The van der Waals surface area contributed by atoms with Crippen molar-refractivity contribution in [1.82, 2.24) is 15.1 Å². The molecule has 2 amide bonds. The molecule has 45 heavy (non-hydrogen) atoms. The Hall–Kier alpha value is -3.97. The van der Waals surface area contributed by atoms with E-state index in [-0.39, 0.29) is 59.5 Å². The third-order valence-corrected chi connectivity index (χ3v) is 9.17. The van der Waals surface area contributed by atoms with Crippen LogP contribution in [-0.2, 0) is 36.8 Å². The number of hydrogen-bond donors (Lipinski definition) is 0. The molecular formula is C31H28Cl2N4O7S. The Balaban J connectivity index is 1.33. The number of halogens is 2. The van der Waals surface area contributed by atoms with Crippen molar-refractivity contribution in [3.8, 4) is 0 Å². The average molecular weight is 672 g/mol. The second-order valence-corrected chi connectivity index (χ2v) is 12.0. The van der Waals surface area contributed by atoms with Crippen LogP contribution in [-0.4, -0.2) is 71.4 Å². The summed E-state index contributed by atoms with van der Waals surface area (Å²) >= 11 is 14.2. The van der Waals surface area contributed by atoms with Crippen molar-refractivity contribution in [3.05, 3.63) is 90.5 Å². The van der Waals surface area contributed by atoms with Gasteiger partial charge in [-0.3, -0.25) is 24.3 Å². The monoisotopic (exact) mass is 670 g/mol. The van der Waals surface area contributed by atoms with E-state index < -0.39 is 23.8 Å². The van der Waals surface area contributed by atoms with E-state index >= 15 is 0 Å². The number of nitrogens with zero attached hydrogens (tertiary/aromatic N) is 4. The molecule has 14 heteroatoms. The van der Waals surface area contributed by atoms with Gasteiger partial charge in [0, 0.05) is 24.6 Å². The molecule has 0 fully saturated rings. The van der Waals surface area contributed by atoms with E-state index in [2.05, 4.69) is 15.2 Å². The van der Waals surface area contributed by atoms with E-state index in [0.717, 1.165) is 0 Å². The minimum Gasteiger partial charge on any atom is -0.468 e. The first-order valence-electron chi connectivity index (χ1n) is 14.0. The van der Waals surface area contributed by atoms with Crippen LogP contribution in [0.3, 0.4) is 0 Å². The molecule has 0 spiro atoms. The third-order valence-electron chi connectivity index (χ3n) is 7.38. The minimum atomic E-state index is -0.956. The van der Waals surface area contributed by atoms with Crippen LogP contribution in [0.25, 0.3) is 0 Å². The van der Waals surface area contributed by atoms with Crippen molar-refractivity contribution < 1.29 is 33.4 Å². The molecular weight excluding hydrogens is 643 g/mol. The number of amides is 2. The Morgan fingerprint density at radius 1 is 0.978 bits per heavy atom. The van der Waals surface area contributed by atoms with Crippen LogP contribution >= 0.6 is 34.5 Å². The maximum atomic E-state index is 13.4. The van der Waals surface area contributed by atoms with E-state index in [1.807, 2.05) is 0 Å². The van der Waals surface area contributed by atoms with E-state index in [9.17, 15) is 19.2 Å². The largest absolute Gasteiger partial charge is 0.468 e. The molecule has 2 aliphatic heterocycles. The van der Waals surface area contributed by atoms with E-state index in [0.29, 0.717) is 38.8 Å². The first-order valence-corrected chi connectivity index (χ1v) is 15.5. The van der Waals surface area contributed by atoms with Gasteiger partial charge in [-0.25, -0.2) is 4.79 Å². The van der Waals surface area contributed by atoms with Gasteiger partial charge in [-0.2, -0.15) is 0 Å².